The van der Waals surface area contributed by atoms with Gasteiger partial charge in [0.05, 0.1) is 6.04 Å². The molecule has 1 fully saturated rings. The van der Waals surface area contributed by atoms with Crippen molar-refractivity contribution in [1.82, 2.24) is 10.2 Å². The smallest absolute Gasteiger partial charge is 0.220 e. The van der Waals surface area contributed by atoms with E-state index in [0.717, 1.165) is 0 Å². The van der Waals surface area contributed by atoms with Crippen molar-refractivity contribution in [2.24, 2.45) is 5.92 Å². The van der Waals surface area contributed by atoms with Crippen LogP contribution in [0.5, 0.6) is 0 Å². The second-order valence-electron chi connectivity index (χ2n) is 6.05. The molecule has 1 heterocycles. The quantitative estimate of drug-likeness (QED) is 0.871. The van der Waals surface area contributed by atoms with Crippen molar-refractivity contribution in [3.8, 4) is 0 Å². The highest BCUT2D eigenvalue weighted by Crippen LogP contribution is 2.26. The van der Waals surface area contributed by atoms with E-state index >= 15 is 0 Å². The number of carbonyl (C=O) groups is 1. The molecule has 1 atom stereocenters. The monoisotopic (exact) mass is 294 g/mol. The summed E-state index contributed by atoms with van der Waals surface area (Å²) >= 11 is 1.71. The summed E-state index contributed by atoms with van der Waals surface area (Å²) in [5.41, 5.74) is 1.29. The van der Waals surface area contributed by atoms with Crippen molar-refractivity contribution in [1.29, 1.82) is 0 Å². The van der Waals surface area contributed by atoms with Gasteiger partial charge in [0.15, 0.2) is 0 Å². The standard InChI is InChI=1S/C16H26N2OS/c1-18(2)15(14-8-9-20-12-14)11-17-16(19)10-13-6-4-3-5-7-13/h8-9,12-13,15H,3-7,10-11H2,1-2H3,(H,17,19)/t15-/m1/s1. The first-order valence-corrected chi connectivity index (χ1v) is 8.56. The Hall–Kier alpha value is -0.870. The lowest BCUT2D eigenvalue weighted by Crippen LogP contribution is -2.35. The number of nitrogens with one attached hydrogen (secondary N) is 1. The highest BCUT2D eigenvalue weighted by molar-refractivity contribution is 7.07. The second-order valence-corrected chi connectivity index (χ2v) is 6.83. The average Bonchev–Trinajstić information content (AvgIpc) is 2.93. The maximum Gasteiger partial charge on any atom is 0.220 e. The molecule has 112 valence electrons. The molecule has 2 rings (SSSR count). The normalized spacial score (nSPS) is 18.1. The first kappa shape index (κ1) is 15.5. The molecule has 0 radical (unpaired) electrons. The number of hydrogen-bond donors (Lipinski definition) is 1. The predicted molar refractivity (Wildman–Crippen MR) is 84.9 cm³/mol. The zero-order chi connectivity index (χ0) is 14.4. The summed E-state index contributed by atoms with van der Waals surface area (Å²) in [6.45, 7) is 0.704. The number of rotatable bonds is 6. The molecule has 1 N–H and O–H groups in total. The first-order chi connectivity index (χ1) is 9.66. The van der Waals surface area contributed by atoms with Gasteiger partial charge in [0.2, 0.25) is 5.91 Å². The minimum atomic E-state index is 0.221. The molecule has 1 aliphatic carbocycles. The molecule has 1 saturated carbocycles. The molecule has 3 nitrogen and oxygen atoms in total. The highest BCUT2D eigenvalue weighted by Gasteiger charge is 2.19. The Morgan fingerprint density at radius 1 is 1.40 bits per heavy atom. The number of hydrogen-bond acceptors (Lipinski definition) is 3. The van der Waals surface area contributed by atoms with E-state index in [-0.39, 0.29) is 11.9 Å². The van der Waals surface area contributed by atoms with Crippen molar-refractivity contribution >= 4 is 17.2 Å². The largest absolute Gasteiger partial charge is 0.354 e. The fraction of sp³-hybridized carbons (Fsp3) is 0.688. The maximum absolute atomic E-state index is 12.1. The number of amides is 1. The van der Waals surface area contributed by atoms with Crippen LogP contribution < -0.4 is 5.32 Å². The van der Waals surface area contributed by atoms with Gasteiger partial charge in [0, 0.05) is 13.0 Å². The van der Waals surface area contributed by atoms with Crippen LogP contribution in [-0.4, -0.2) is 31.4 Å². The summed E-state index contributed by atoms with van der Waals surface area (Å²) in [4.78, 5) is 14.3. The molecule has 20 heavy (non-hydrogen) atoms. The SMILES string of the molecule is CN(C)[C@H](CNC(=O)CC1CCCCC1)c1ccsc1. The third-order valence-corrected chi connectivity index (χ3v) is 4.94. The Bertz CT molecular complexity index is 397. The van der Waals surface area contributed by atoms with Crippen LogP contribution in [0.2, 0.25) is 0 Å². The first-order valence-electron chi connectivity index (χ1n) is 7.62. The van der Waals surface area contributed by atoms with Gasteiger partial charge in [-0.1, -0.05) is 19.3 Å². The lowest BCUT2D eigenvalue weighted by molar-refractivity contribution is -0.122. The third kappa shape index (κ3) is 4.60. The number of nitrogens with zero attached hydrogens (tertiary/aromatic N) is 1. The molecule has 0 spiro atoms. The van der Waals surface area contributed by atoms with Crippen LogP contribution in [0, 0.1) is 5.92 Å². The minimum Gasteiger partial charge on any atom is -0.354 e. The minimum absolute atomic E-state index is 0.221. The lowest BCUT2D eigenvalue weighted by Gasteiger charge is -2.25. The Morgan fingerprint density at radius 2 is 2.15 bits per heavy atom. The summed E-state index contributed by atoms with van der Waals surface area (Å²) in [6.07, 6.45) is 7.12. The van der Waals surface area contributed by atoms with Crippen molar-refractivity contribution < 1.29 is 4.79 Å². The number of thiophene rings is 1. The van der Waals surface area contributed by atoms with Crippen LogP contribution in [0.4, 0.5) is 0 Å². The van der Waals surface area contributed by atoms with Gasteiger partial charge in [-0.05, 0) is 55.2 Å². The van der Waals surface area contributed by atoms with Gasteiger partial charge in [0.1, 0.15) is 0 Å². The van der Waals surface area contributed by atoms with Gasteiger partial charge in [-0.25, -0.2) is 0 Å². The molecule has 4 heteroatoms. The molecule has 0 unspecified atom stereocenters. The van der Waals surface area contributed by atoms with E-state index in [4.69, 9.17) is 0 Å². The van der Waals surface area contributed by atoms with E-state index in [2.05, 4.69) is 41.1 Å². The van der Waals surface area contributed by atoms with E-state index < -0.39 is 0 Å². The zero-order valence-electron chi connectivity index (χ0n) is 12.6. The van der Waals surface area contributed by atoms with Crippen LogP contribution in [0.3, 0.4) is 0 Å². The molecule has 0 saturated heterocycles. The zero-order valence-corrected chi connectivity index (χ0v) is 13.4. The van der Waals surface area contributed by atoms with Gasteiger partial charge in [-0.2, -0.15) is 11.3 Å². The van der Waals surface area contributed by atoms with Gasteiger partial charge in [-0.3, -0.25) is 4.79 Å². The Balaban J connectivity index is 1.78. The fourth-order valence-electron chi connectivity index (χ4n) is 3.00. The predicted octanol–water partition coefficient (Wildman–Crippen LogP) is 3.44. The van der Waals surface area contributed by atoms with E-state index in [9.17, 15) is 4.79 Å². The van der Waals surface area contributed by atoms with Crippen LogP contribution in [0.15, 0.2) is 16.8 Å². The van der Waals surface area contributed by atoms with Crippen molar-refractivity contribution in [2.75, 3.05) is 20.6 Å². The lowest BCUT2D eigenvalue weighted by atomic mass is 9.87. The molecule has 1 aromatic rings. The van der Waals surface area contributed by atoms with Crippen molar-refractivity contribution in [3.05, 3.63) is 22.4 Å². The molecule has 1 aliphatic rings. The van der Waals surface area contributed by atoms with Crippen molar-refractivity contribution in [2.45, 2.75) is 44.6 Å². The summed E-state index contributed by atoms with van der Waals surface area (Å²) in [7, 11) is 4.13. The Kier molecular flexibility index (Phi) is 6.05. The molecular formula is C16H26N2OS. The van der Waals surface area contributed by atoms with Gasteiger partial charge in [-0.15, -0.1) is 0 Å². The van der Waals surface area contributed by atoms with Gasteiger partial charge in [0.25, 0.3) is 0 Å². The average molecular weight is 294 g/mol. The topological polar surface area (TPSA) is 32.3 Å². The summed E-state index contributed by atoms with van der Waals surface area (Å²) in [5, 5.41) is 7.38. The van der Waals surface area contributed by atoms with Crippen LogP contribution in [-0.2, 0) is 4.79 Å². The van der Waals surface area contributed by atoms with E-state index in [1.807, 2.05) is 0 Å². The van der Waals surface area contributed by atoms with Gasteiger partial charge < -0.3 is 10.2 Å². The number of carbonyl (C=O) groups excluding carboxylic acids is 1. The van der Waals surface area contributed by atoms with Crippen molar-refractivity contribution in [3.63, 3.8) is 0 Å². The molecular weight excluding hydrogens is 268 g/mol. The Morgan fingerprint density at radius 3 is 2.75 bits per heavy atom. The van der Waals surface area contributed by atoms with E-state index in [0.29, 0.717) is 18.9 Å². The van der Waals surface area contributed by atoms with E-state index in [1.54, 1.807) is 11.3 Å². The van der Waals surface area contributed by atoms with Crippen LogP contribution >= 0.6 is 11.3 Å². The van der Waals surface area contributed by atoms with Gasteiger partial charge >= 0.3 is 0 Å². The maximum atomic E-state index is 12.1. The Labute approximate surface area is 126 Å². The highest BCUT2D eigenvalue weighted by atomic mass is 32.1. The molecule has 1 aromatic heterocycles. The molecule has 0 aromatic carbocycles. The summed E-state index contributed by atoms with van der Waals surface area (Å²) in [5.74, 6) is 0.835. The molecule has 1 amide bonds. The summed E-state index contributed by atoms with van der Waals surface area (Å²) in [6, 6.07) is 2.42. The van der Waals surface area contributed by atoms with Crippen LogP contribution in [0.25, 0.3) is 0 Å². The van der Waals surface area contributed by atoms with Crippen LogP contribution in [0.1, 0.15) is 50.1 Å². The second kappa shape index (κ2) is 7.79. The number of likely N-dealkylation sites (N-methyl/N-ethyl adjacent to an activating group) is 1. The molecule has 0 bridgehead atoms. The summed E-state index contributed by atoms with van der Waals surface area (Å²) < 4.78 is 0. The fourth-order valence-corrected chi connectivity index (χ4v) is 3.71. The third-order valence-electron chi connectivity index (χ3n) is 4.24. The van der Waals surface area contributed by atoms with E-state index in [1.165, 1.54) is 37.7 Å². The molecule has 0 aliphatic heterocycles.